The van der Waals surface area contributed by atoms with Gasteiger partial charge in [-0.25, -0.2) is 0 Å². The summed E-state index contributed by atoms with van der Waals surface area (Å²) >= 11 is 0. The van der Waals surface area contributed by atoms with Crippen LogP contribution >= 0.6 is 0 Å². The van der Waals surface area contributed by atoms with Crippen molar-refractivity contribution in [1.82, 2.24) is 4.98 Å². The van der Waals surface area contributed by atoms with Crippen LogP contribution in [-0.2, 0) is 11.2 Å². The molecule has 0 fully saturated rings. The molecule has 0 bridgehead atoms. The van der Waals surface area contributed by atoms with Gasteiger partial charge < -0.3 is 15.5 Å². The van der Waals surface area contributed by atoms with Crippen molar-refractivity contribution in [3.05, 3.63) is 78.1 Å². The molecule has 146 valence electrons. The number of anilines is 4. The zero-order chi connectivity index (χ0) is 20.4. The maximum Gasteiger partial charge on any atom is 0.277 e. The Hall–Kier alpha value is -3.67. The molecule has 3 aromatic rings. The van der Waals surface area contributed by atoms with Crippen LogP contribution in [0.15, 0.2) is 66.9 Å². The number of carbonyl (C=O) groups is 2. The second kappa shape index (κ2) is 7.75. The van der Waals surface area contributed by atoms with E-state index in [9.17, 15) is 9.59 Å². The van der Waals surface area contributed by atoms with E-state index in [2.05, 4.69) is 28.6 Å². The summed E-state index contributed by atoms with van der Waals surface area (Å²) in [5.74, 6) is -0.215. The van der Waals surface area contributed by atoms with E-state index in [0.29, 0.717) is 5.69 Å². The van der Waals surface area contributed by atoms with Crippen LogP contribution in [0.4, 0.5) is 22.7 Å². The molecule has 0 radical (unpaired) electrons. The topological polar surface area (TPSA) is 74.3 Å². The Labute approximate surface area is 169 Å². The average Bonchev–Trinajstić information content (AvgIpc) is 3.04. The van der Waals surface area contributed by atoms with Crippen molar-refractivity contribution in [2.24, 2.45) is 0 Å². The molecule has 29 heavy (non-hydrogen) atoms. The lowest BCUT2D eigenvalue weighted by molar-refractivity contribution is -0.114. The third-order valence-electron chi connectivity index (χ3n) is 4.90. The van der Waals surface area contributed by atoms with Crippen molar-refractivity contribution < 1.29 is 9.59 Å². The minimum absolute atomic E-state index is 0.0969. The summed E-state index contributed by atoms with van der Waals surface area (Å²) in [5, 5.41) is 6.01. The number of fused-ring (bicyclic) bond motifs is 1. The van der Waals surface area contributed by atoms with Gasteiger partial charge in [-0.05, 0) is 61.4 Å². The van der Waals surface area contributed by atoms with Gasteiger partial charge in [-0.2, -0.15) is 0 Å². The fraction of sp³-hybridized carbons (Fsp3) is 0.174. The normalized spacial score (nSPS) is 15.0. The lowest BCUT2D eigenvalue weighted by Crippen LogP contribution is -2.36. The van der Waals surface area contributed by atoms with E-state index in [1.54, 1.807) is 12.3 Å². The summed E-state index contributed by atoms with van der Waals surface area (Å²) in [6.07, 6.45) is 2.48. The molecular weight excluding hydrogens is 364 g/mol. The molecule has 0 aliphatic carbocycles. The average molecular weight is 386 g/mol. The highest BCUT2D eigenvalue weighted by atomic mass is 16.2. The van der Waals surface area contributed by atoms with Crippen LogP contribution < -0.4 is 15.5 Å². The molecular formula is C23H22N4O2. The Morgan fingerprint density at radius 2 is 1.72 bits per heavy atom. The number of nitrogens with zero attached hydrogens (tertiary/aromatic N) is 2. The quantitative estimate of drug-likeness (QED) is 0.698. The molecule has 6 heteroatoms. The minimum atomic E-state index is -0.110. The van der Waals surface area contributed by atoms with Crippen LogP contribution in [0.3, 0.4) is 0 Å². The largest absolute Gasteiger partial charge is 0.355 e. The van der Waals surface area contributed by atoms with Gasteiger partial charge >= 0.3 is 0 Å². The van der Waals surface area contributed by atoms with E-state index in [-0.39, 0.29) is 17.9 Å². The van der Waals surface area contributed by atoms with Crippen molar-refractivity contribution in [3.63, 3.8) is 0 Å². The van der Waals surface area contributed by atoms with Crippen LogP contribution in [0.2, 0.25) is 0 Å². The molecule has 0 saturated heterocycles. The first-order chi connectivity index (χ1) is 14.0. The van der Waals surface area contributed by atoms with Crippen LogP contribution in [-0.4, -0.2) is 22.8 Å². The summed E-state index contributed by atoms with van der Waals surface area (Å²) in [7, 11) is 0. The zero-order valence-corrected chi connectivity index (χ0v) is 16.3. The van der Waals surface area contributed by atoms with Crippen molar-refractivity contribution in [3.8, 4) is 0 Å². The molecule has 1 aliphatic heterocycles. The first kappa shape index (κ1) is 18.7. The van der Waals surface area contributed by atoms with Gasteiger partial charge in [-0.1, -0.05) is 18.2 Å². The summed E-state index contributed by atoms with van der Waals surface area (Å²) in [4.78, 5) is 30.4. The number of carbonyl (C=O) groups excluding carboxylic acids is 2. The van der Waals surface area contributed by atoms with Crippen LogP contribution in [0.1, 0.15) is 29.9 Å². The van der Waals surface area contributed by atoms with Gasteiger partial charge in [0.25, 0.3) is 5.91 Å². The van der Waals surface area contributed by atoms with Crippen molar-refractivity contribution >= 4 is 34.6 Å². The van der Waals surface area contributed by atoms with Gasteiger partial charge in [0, 0.05) is 41.9 Å². The lowest BCUT2D eigenvalue weighted by atomic mass is 10.1. The smallest absolute Gasteiger partial charge is 0.277 e. The van der Waals surface area contributed by atoms with E-state index in [4.69, 9.17) is 0 Å². The Morgan fingerprint density at radius 3 is 2.48 bits per heavy atom. The molecule has 2 amide bonds. The summed E-state index contributed by atoms with van der Waals surface area (Å²) in [6, 6.07) is 19.0. The molecule has 6 nitrogen and oxygen atoms in total. The van der Waals surface area contributed by atoms with Crippen molar-refractivity contribution in [2.75, 3.05) is 15.5 Å². The van der Waals surface area contributed by atoms with Crippen molar-refractivity contribution in [2.45, 2.75) is 26.3 Å². The number of aromatic nitrogens is 1. The molecule has 4 rings (SSSR count). The molecule has 0 spiro atoms. The number of amides is 2. The highest BCUT2D eigenvalue weighted by Gasteiger charge is 2.31. The SMILES string of the molecule is CC(=O)Nc1ccc(Nc2ccnc(C(=O)N3c4ccccc4CC3C)c2)cc1. The van der Waals surface area contributed by atoms with E-state index in [0.717, 1.165) is 29.2 Å². The molecule has 1 unspecified atom stereocenters. The van der Waals surface area contributed by atoms with Gasteiger partial charge in [0.2, 0.25) is 5.91 Å². The minimum Gasteiger partial charge on any atom is -0.355 e. The van der Waals surface area contributed by atoms with Crippen molar-refractivity contribution in [1.29, 1.82) is 0 Å². The molecule has 1 aromatic heterocycles. The van der Waals surface area contributed by atoms with E-state index >= 15 is 0 Å². The fourth-order valence-corrected chi connectivity index (χ4v) is 3.63. The highest BCUT2D eigenvalue weighted by molar-refractivity contribution is 6.07. The van der Waals surface area contributed by atoms with Gasteiger partial charge in [0.15, 0.2) is 0 Å². The zero-order valence-electron chi connectivity index (χ0n) is 16.3. The maximum atomic E-state index is 13.2. The second-order valence-electron chi connectivity index (χ2n) is 7.17. The third kappa shape index (κ3) is 3.96. The van der Waals surface area contributed by atoms with E-state index < -0.39 is 0 Å². The maximum absolute atomic E-state index is 13.2. The Bertz CT molecular complexity index is 1060. The number of para-hydroxylation sites is 1. The number of benzene rings is 2. The molecule has 1 atom stereocenters. The molecule has 2 N–H and O–H groups in total. The predicted octanol–water partition coefficient (Wildman–Crippen LogP) is 4.38. The fourth-order valence-electron chi connectivity index (χ4n) is 3.63. The number of hydrogen-bond acceptors (Lipinski definition) is 4. The molecule has 0 saturated carbocycles. The van der Waals surface area contributed by atoms with Crippen LogP contribution in [0, 0.1) is 0 Å². The molecule has 2 heterocycles. The van der Waals surface area contributed by atoms with E-state index in [1.165, 1.54) is 12.5 Å². The number of nitrogens with one attached hydrogen (secondary N) is 2. The first-order valence-electron chi connectivity index (χ1n) is 9.53. The molecule has 1 aliphatic rings. The molecule has 2 aromatic carbocycles. The predicted molar refractivity (Wildman–Crippen MR) is 115 cm³/mol. The lowest BCUT2D eigenvalue weighted by Gasteiger charge is -2.22. The standard InChI is InChI=1S/C23H22N4O2/c1-15-13-17-5-3-4-6-22(17)27(15)23(29)21-14-20(11-12-24-21)26-19-9-7-18(8-10-19)25-16(2)28/h3-12,14-15H,13H2,1-2H3,(H,24,26)(H,25,28). The van der Waals surface area contributed by atoms with Gasteiger partial charge in [-0.15, -0.1) is 0 Å². The van der Waals surface area contributed by atoms with Gasteiger partial charge in [0.1, 0.15) is 5.69 Å². The van der Waals surface area contributed by atoms with Crippen LogP contribution in [0.25, 0.3) is 0 Å². The van der Waals surface area contributed by atoms with Crippen LogP contribution in [0.5, 0.6) is 0 Å². The monoisotopic (exact) mass is 386 g/mol. The number of rotatable bonds is 4. The Balaban J connectivity index is 1.53. The number of hydrogen-bond donors (Lipinski definition) is 2. The number of pyridine rings is 1. The van der Waals surface area contributed by atoms with Gasteiger partial charge in [0.05, 0.1) is 0 Å². The van der Waals surface area contributed by atoms with E-state index in [1.807, 2.05) is 53.4 Å². The Kier molecular flexibility index (Phi) is 4.99. The summed E-state index contributed by atoms with van der Waals surface area (Å²) in [6.45, 7) is 3.53. The Morgan fingerprint density at radius 1 is 1.00 bits per heavy atom. The summed E-state index contributed by atoms with van der Waals surface area (Å²) in [5.41, 5.74) is 4.89. The van der Waals surface area contributed by atoms with Gasteiger partial charge in [-0.3, -0.25) is 14.6 Å². The first-order valence-corrected chi connectivity index (χ1v) is 9.53. The second-order valence-corrected chi connectivity index (χ2v) is 7.17. The summed E-state index contributed by atoms with van der Waals surface area (Å²) < 4.78 is 0. The highest BCUT2D eigenvalue weighted by Crippen LogP contribution is 2.33. The third-order valence-corrected chi connectivity index (χ3v) is 4.90.